The van der Waals surface area contributed by atoms with Crippen molar-refractivity contribution in [3.8, 4) is 0 Å². The van der Waals surface area contributed by atoms with E-state index in [1.807, 2.05) is 12.1 Å². The van der Waals surface area contributed by atoms with Gasteiger partial charge in [0.25, 0.3) is 0 Å². The number of nitrogens with zero attached hydrogens (tertiary/aromatic N) is 1. The number of nitrogens with one attached hydrogen (secondary N) is 3. The molecule has 1 aliphatic carbocycles. The normalized spacial score (nSPS) is 13.2. The number of nitrogens with two attached hydrogens (primary N) is 1. The molecule has 0 radical (unpaired) electrons. The number of hydrogen-bond acceptors (Lipinski definition) is 4. The Morgan fingerprint density at radius 2 is 2.04 bits per heavy atom. The number of carbonyl (C=O) groups excluding carboxylic acids is 2. The Morgan fingerprint density at radius 1 is 1.24 bits per heavy atom. The fraction of sp³-hybridized carbons (Fsp3) is 0.235. The van der Waals surface area contributed by atoms with Crippen molar-refractivity contribution >= 4 is 35.0 Å². The standard InChI is InChI=1S/C17H18ClN5O2/c18-14-8-12(3-4-13(14)16(19)24)23-17(25)21-9-10-5-6-20-15(7-10)22-11-1-2-11/h3-8,11H,1-2,9H2,(H2,19,24)(H,20,22)(H2,21,23,25). The highest BCUT2D eigenvalue weighted by Crippen LogP contribution is 2.24. The van der Waals surface area contributed by atoms with E-state index in [4.69, 9.17) is 17.3 Å². The first-order chi connectivity index (χ1) is 12.0. The molecule has 1 heterocycles. The second kappa shape index (κ2) is 7.40. The SMILES string of the molecule is NC(=O)c1ccc(NC(=O)NCc2ccnc(NC3CC3)c2)cc1Cl. The first-order valence-corrected chi connectivity index (χ1v) is 8.25. The lowest BCUT2D eigenvalue weighted by Gasteiger charge is -2.10. The third-order valence-electron chi connectivity index (χ3n) is 3.70. The quantitative estimate of drug-likeness (QED) is 0.635. The van der Waals surface area contributed by atoms with E-state index in [2.05, 4.69) is 20.9 Å². The lowest BCUT2D eigenvalue weighted by molar-refractivity contribution is 0.100. The summed E-state index contributed by atoms with van der Waals surface area (Å²) >= 11 is 5.96. The highest BCUT2D eigenvalue weighted by molar-refractivity contribution is 6.34. The number of aromatic nitrogens is 1. The van der Waals surface area contributed by atoms with E-state index in [-0.39, 0.29) is 16.6 Å². The summed E-state index contributed by atoms with van der Waals surface area (Å²) in [6.07, 6.45) is 4.05. The van der Waals surface area contributed by atoms with Crippen LogP contribution in [0, 0.1) is 0 Å². The number of pyridine rings is 1. The fourth-order valence-corrected chi connectivity index (χ4v) is 2.52. The van der Waals surface area contributed by atoms with Gasteiger partial charge in [0.2, 0.25) is 5.91 Å². The molecule has 2 aromatic rings. The Morgan fingerprint density at radius 3 is 2.72 bits per heavy atom. The Balaban J connectivity index is 1.54. The van der Waals surface area contributed by atoms with E-state index in [9.17, 15) is 9.59 Å². The summed E-state index contributed by atoms with van der Waals surface area (Å²) in [5.74, 6) is 0.199. The van der Waals surface area contributed by atoms with Gasteiger partial charge in [0.05, 0.1) is 10.6 Å². The van der Waals surface area contributed by atoms with E-state index in [0.29, 0.717) is 18.3 Å². The molecule has 8 heteroatoms. The topological polar surface area (TPSA) is 109 Å². The monoisotopic (exact) mass is 359 g/mol. The van der Waals surface area contributed by atoms with Crippen LogP contribution in [-0.4, -0.2) is 23.0 Å². The van der Waals surface area contributed by atoms with Gasteiger partial charge in [-0.1, -0.05) is 11.6 Å². The van der Waals surface area contributed by atoms with Crippen molar-refractivity contribution in [1.82, 2.24) is 10.3 Å². The molecule has 25 heavy (non-hydrogen) atoms. The molecular weight excluding hydrogens is 342 g/mol. The highest BCUT2D eigenvalue weighted by Gasteiger charge is 2.21. The largest absolute Gasteiger partial charge is 0.367 e. The number of carbonyl (C=O) groups is 2. The van der Waals surface area contributed by atoms with Gasteiger partial charge >= 0.3 is 6.03 Å². The number of primary amides is 1. The Bertz CT molecular complexity index is 807. The van der Waals surface area contributed by atoms with Crippen molar-refractivity contribution in [3.63, 3.8) is 0 Å². The van der Waals surface area contributed by atoms with Gasteiger partial charge in [0.15, 0.2) is 0 Å². The number of urea groups is 1. The van der Waals surface area contributed by atoms with Crippen LogP contribution in [0.4, 0.5) is 16.3 Å². The maximum atomic E-state index is 12.0. The molecule has 1 aromatic heterocycles. The molecule has 0 aliphatic heterocycles. The molecule has 0 unspecified atom stereocenters. The number of rotatable bonds is 6. The zero-order valence-electron chi connectivity index (χ0n) is 13.4. The summed E-state index contributed by atoms with van der Waals surface area (Å²) in [5, 5.41) is 8.92. The van der Waals surface area contributed by atoms with Gasteiger partial charge in [0, 0.05) is 24.5 Å². The van der Waals surface area contributed by atoms with Crippen LogP contribution in [0.2, 0.25) is 5.02 Å². The lowest BCUT2D eigenvalue weighted by Crippen LogP contribution is -2.28. The first-order valence-electron chi connectivity index (χ1n) is 7.87. The maximum absolute atomic E-state index is 12.0. The average molecular weight is 360 g/mol. The minimum absolute atomic E-state index is 0.190. The Labute approximate surface area is 150 Å². The smallest absolute Gasteiger partial charge is 0.319 e. The second-order valence-corrected chi connectivity index (χ2v) is 6.24. The van der Waals surface area contributed by atoms with Gasteiger partial charge in [-0.2, -0.15) is 0 Å². The van der Waals surface area contributed by atoms with Crippen LogP contribution in [0.3, 0.4) is 0 Å². The summed E-state index contributed by atoms with van der Waals surface area (Å²) in [6, 6.07) is 8.41. The summed E-state index contributed by atoms with van der Waals surface area (Å²) in [4.78, 5) is 27.4. The van der Waals surface area contributed by atoms with Crippen LogP contribution in [-0.2, 0) is 6.54 Å². The zero-order chi connectivity index (χ0) is 17.8. The molecule has 0 bridgehead atoms. The summed E-state index contributed by atoms with van der Waals surface area (Å²) in [6.45, 7) is 0.362. The molecule has 1 saturated carbocycles. The van der Waals surface area contributed by atoms with Crippen molar-refractivity contribution < 1.29 is 9.59 Å². The molecule has 7 nitrogen and oxygen atoms in total. The van der Waals surface area contributed by atoms with Crippen molar-refractivity contribution in [1.29, 1.82) is 0 Å². The molecule has 3 amide bonds. The minimum atomic E-state index is -0.616. The van der Waals surface area contributed by atoms with Crippen LogP contribution in [0.1, 0.15) is 28.8 Å². The maximum Gasteiger partial charge on any atom is 0.319 e. The van der Waals surface area contributed by atoms with Gasteiger partial charge < -0.3 is 21.7 Å². The van der Waals surface area contributed by atoms with E-state index in [1.165, 1.54) is 25.0 Å². The van der Waals surface area contributed by atoms with E-state index >= 15 is 0 Å². The minimum Gasteiger partial charge on any atom is -0.367 e. The van der Waals surface area contributed by atoms with Crippen molar-refractivity contribution in [2.45, 2.75) is 25.4 Å². The highest BCUT2D eigenvalue weighted by atomic mass is 35.5. The van der Waals surface area contributed by atoms with Gasteiger partial charge in [-0.05, 0) is 48.7 Å². The van der Waals surface area contributed by atoms with Crippen molar-refractivity contribution in [2.24, 2.45) is 5.73 Å². The van der Waals surface area contributed by atoms with Gasteiger partial charge in [-0.25, -0.2) is 9.78 Å². The van der Waals surface area contributed by atoms with E-state index in [1.54, 1.807) is 12.3 Å². The summed E-state index contributed by atoms with van der Waals surface area (Å²) < 4.78 is 0. The molecule has 3 rings (SSSR count). The molecule has 0 spiro atoms. The molecule has 1 fully saturated rings. The van der Waals surface area contributed by atoms with Crippen LogP contribution < -0.4 is 21.7 Å². The molecule has 0 saturated heterocycles. The van der Waals surface area contributed by atoms with Crippen LogP contribution in [0.25, 0.3) is 0 Å². The molecule has 1 aliphatic rings. The fourth-order valence-electron chi connectivity index (χ4n) is 2.25. The average Bonchev–Trinajstić information content (AvgIpc) is 3.37. The van der Waals surface area contributed by atoms with E-state index in [0.717, 1.165) is 11.4 Å². The van der Waals surface area contributed by atoms with Crippen LogP contribution in [0.15, 0.2) is 36.5 Å². The molecular formula is C17H18ClN5O2. The molecule has 130 valence electrons. The van der Waals surface area contributed by atoms with Crippen LogP contribution in [0.5, 0.6) is 0 Å². The number of hydrogen-bond donors (Lipinski definition) is 4. The van der Waals surface area contributed by atoms with Gasteiger partial charge in [-0.3, -0.25) is 4.79 Å². The second-order valence-electron chi connectivity index (χ2n) is 5.83. The first kappa shape index (κ1) is 17.0. The van der Waals surface area contributed by atoms with E-state index < -0.39 is 5.91 Å². The van der Waals surface area contributed by atoms with Crippen molar-refractivity contribution in [3.05, 3.63) is 52.7 Å². The Kier molecular flexibility index (Phi) is 5.04. The predicted molar refractivity (Wildman–Crippen MR) is 96.7 cm³/mol. The zero-order valence-corrected chi connectivity index (χ0v) is 14.1. The van der Waals surface area contributed by atoms with Gasteiger partial charge in [-0.15, -0.1) is 0 Å². The Hall–Kier alpha value is -2.80. The molecule has 5 N–H and O–H groups in total. The van der Waals surface area contributed by atoms with Gasteiger partial charge in [0.1, 0.15) is 5.82 Å². The van der Waals surface area contributed by atoms with Crippen LogP contribution >= 0.6 is 11.6 Å². The number of halogens is 1. The molecule has 1 aromatic carbocycles. The third kappa shape index (κ3) is 4.84. The van der Waals surface area contributed by atoms with Crippen molar-refractivity contribution in [2.75, 3.05) is 10.6 Å². The third-order valence-corrected chi connectivity index (χ3v) is 4.01. The summed E-state index contributed by atoms with van der Waals surface area (Å²) in [7, 11) is 0. The number of anilines is 2. The number of amides is 3. The summed E-state index contributed by atoms with van der Waals surface area (Å²) in [5.41, 5.74) is 6.81. The lowest BCUT2D eigenvalue weighted by atomic mass is 10.2. The predicted octanol–water partition coefficient (Wildman–Crippen LogP) is 2.73. The molecule has 0 atom stereocenters. The number of benzene rings is 1.